The molecule has 3 fully saturated rings. The van der Waals surface area contributed by atoms with E-state index in [1.165, 1.54) is 51.0 Å². The predicted octanol–water partition coefficient (Wildman–Crippen LogP) is 4.89. The molecule has 4 rings (SSSR count). The molecule has 0 radical (unpaired) electrons. The molecule has 0 heterocycles. The second kappa shape index (κ2) is 8.56. The first-order valence-electron chi connectivity index (χ1n) is 11.4. The van der Waals surface area contributed by atoms with Gasteiger partial charge in [-0.1, -0.05) is 26.2 Å². The lowest BCUT2D eigenvalue weighted by atomic mass is 9.59. The number of carboxylic acids is 1. The van der Waals surface area contributed by atoms with Gasteiger partial charge < -0.3 is 15.2 Å². The van der Waals surface area contributed by atoms with Gasteiger partial charge in [-0.25, -0.2) is 4.39 Å². The number of aliphatic carboxylic acids is 1. The molecule has 0 aromatic heterocycles. The normalized spacial score (nSPS) is 28.1. The Morgan fingerprint density at radius 2 is 2.07 bits per heavy atom. The first-order chi connectivity index (χ1) is 14.4. The van der Waals surface area contributed by atoms with Gasteiger partial charge in [0.2, 0.25) is 0 Å². The van der Waals surface area contributed by atoms with Crippen LogP contribution in [0.4, 0.5) is 4.39 Å². The molecule has 3 aliphatic carbocycles. The molecule has 3 atom stereocenters. The van der Waals surface area contributed by atoms with Gasteiger partial charge in [-0.05, 0) is 67.9 Å². The van der Waals surface area contributed by atoms with Crippen LogP contribution in [0.25, 0.3) is 0 Å². The SMILES string of the molecule is CCC1CC2CCCC(COc3cc(F)c(C(=O)NCC(=O)O)cc3C3CC3)(C1)C2. The van der Waals surface area contributed by atoms with Crippen molar-refractivity contribution in [3.63, 3.8) is 0 Å². The van der Waals surface area contributed by atoms with Crippen molar-refractivity contribution in [3.05, 3.63) is 29.1 Å². The first-order valence-corrected chi connectivity index (χ1v) is 11.4. The average Bonchev–Trinajstić information content (AvgIpc) is 3.55. The number of fused-ring (bicyclic) bond motifs is 2. The third-order valence-electron chi connectivity index (χ3n) is 7.30. The maximum atomic E-state index is 14.7. The van der Waals surface area contributed by atoms with Crippen molar-refractivity contribution in [2.45, 2.75) is 70.6 Å². The van der Waals surface area contributed by atoms with Gasteiger partial charge in [0.25, 0.3) is 5.91 Å². The van der Waals surface area contributed by atoms with Crippen LogP contribution in [0, 0.1) is 23.1 Å². The highest BCUT2D eigenvalue weighted by Crippen LogP contribution is 2.52. The molecule has 1 aromatic rings. The molecule has 0 spiro atoms. The van der Waals surface area contributed by atoms with Crippen LogP contribution < -0.4 is 10.1 Å². The molecule has 5 nitrogen and oxygen atoms in total. The number of nitrogens with one attached hydrogen (secondary N) is 1. The van der Waals surface area contributed by atoms with E-state index in [1.807, 2.05) is 0 Å². The fraction of sp³-hybridized carbons (Fsp3) is 0.667. The fourth-order valence-corrected chi connectivity index (χ4v) is 5.70. The van der Waals surface area contributed by atoms with Gasteiger partial charge in [0.1, 0.15) is 18.1 Å². The Labute approximate surface area is 177 Å². The van der Waals surface area contributed by atoms with Crippen LogP contribution in [0.15, 0.2) is 12.1 Å². The van der Waals surface area contributed by atoms with E-state index in [9.17, 15) is 14.0 Å². The molecular formula is C24H32FNO4. The third kappa shape index (κ3) is 4.62. The lowest BCUT2D eigenvalue weighted by Crippen LogP contribution is -2.41. The topological polar surface area (TPSA) is 75.6 Å². The van der Waals surface area contributed by atoms with E-state index in [-0.39, 0.29) is 16.9 Å². The van der Waals surface area contributed by atoms with Gasteiger partial charge >= 0.3 is 5.97 Å². The van der Waals surface area contributed by atoms with Crippen molar-refractivity contribution >= 4 is 11.9 Å². The summed E-state index contributed by atoms with van der Waals surface area (Å²) in [4.78, 5) is 22.9. The predicted molar refractivity (Wildman–Crippen MR) is 111 cm³/mol. The summed E-state index contributed by atoms with van der Waals surface area (Å²) in [5.41, 5.74) is 0.963. The number of carbonyl (C=O) groups excluding carboxylic acids is 1. The van der Waals surface area contributed by atoms with Crippen molar-refractivity contribution in [2.24, 2.45) is 17.3 Å². The Hall–Kier alpha value is -2.11. The molecule has 30 heavy (non-hydrogen) atoms. The van der Waals surface area contributed by atoms with E-state index >= 15 is 0 Å². The Balaban J connectivity index is 1.52. The van der Waals surface area contributed by atoms with Crippen molar-refractivity contribution in [3.8, 4) is 5.75 Å². The van der Waals surface area contributed by atoms with Gasteiger partial charge in [0, 0.05) is 11.5 Å². The zero-order chi connectivity index (χ0) is 21.3. The summed E-state index contributed by atoms with van der Waals surface area (Å²) in [6.07, 6.45) is 10.7. The Morgan fingerprint density at radius 1 is 1.27 bits per heavy atom. The zero-order valence-corrected chi connectivity index (χ0v) is 17.7. The van der Waals surface area contributed by atoms with Crippen LogP contribution in [0.2, 0.25) is 0 Å². The van der Waals surface area contributed by atoms with Crippen molar-refractivity contribution < 1.29 is 23.8 Å². The monoisotopic (exact) mass is 417 g/mol. The van der Waals surface area contributed by atoms with Gasteiger partial charge in [0.05, 0.1) is 12.2 Å². The van der Waals surface area contributed by atoms with Crippen LogP contribution in [0.5, 0.6) is 5.75 Å². The summed E-state index contributed by atoms with van der Waals surface area (Å²) in [7, 11) is 0. The van der Waals surface area contributed by atoms with E-state index in [4.69, 9.17) is 9.84 Å². The van der Waals surface area contributed by atoms with E-state index < -0.39 is 24.2 Å². The molecule has 0 saturated heterocycles. The van der Waals surface area contributed by atoms with E-state index in [1.54, 1.807) is 6.07 Å². The van der Waals surface area contributed by atoms with Crippen LogP contribution in [-0.2, 0) is 4.79 Å². The summed E-state index contributed by atoms with van der Waals surface area (Å²) < 4.78 is 21.0. The number of amides is 1. The average molecular weight is 418 g/mol. The highest BCUT2D eigenvalue weighted by molar-refractivity contribution is 5.96. The van der Waals surface area contributed by atoms with Crippen LogP contribution in [0.3, 0.4) is 0 Å². The minimum absolute atomic E-state index is 0.106. The molecule has 3 saturated carbocycles. The number of halogens is 1. The Morgan fingerprint density at radius 3 is 2.77 bits per heavy atom. The maximum absolute atomic E-state index is 14.7. The van der Waals surface area contributed by atoms with Crippen LogP contribution >= 0.6 is 0 Å². The number of hydrogen-bond donors (Lipinski definition) is 2. The van der Waals surface area contributed by atoms with Crippen LogP contribution in [-0.4, -0.2) is 30.1 Å². The lowest BCUT2D eigenvalue weighted by Gasteiger charge is -2.48. The van der Waals surface area contributed by atoms with E-state index in [2.05, 4.69) is 12.2 Å². The van der Waals surface area contributed by atoms with Crippen molar-refractivity contribution in [1.29, 1.82) is 0 Å². The summed E-state index contributed by atoms with van der Waals surface area (Å²) in [6, 6.07) is 2.90. The minimum Gasteiger partial charge on any atom is -0.493 e. The molecule has 2 N–H and O–H groups in total. The highest BCUT2D eigenvalue weighted by Gasteiger charge is 2.43. The zero-order valence-electron chi connectivity index (χ0n) is 17.7. The number of ether oxygens (including phenoxy) is 1. The summed E-state index contributed by atoms with van der Waals surface area (Å²) in [6.45, 7) is 2.36. The fourth-order valence-electron chi connectivity index (χ4n) is 5.70. The molecule has 0 aliphatic heterocycles. The second-order valence-corrected chi connectivity index (χ2v) is 9.69. The molecule has 1 aromatic carbocycles. The summed E-state index contributed by atoms with van der Waals surface area (Å²) in [5.74, 6) is -0.123. The van der Waals surface area contributed by atoms with E-state index in [0.717, 1.165) is 30.2 Å². The number of carboxylic acid groups (broad SMARTS) is 1. The second-order valence-electron chi connectivity index (χ2n) is 9.69. The van der Waals surface area contributed by atoms with E-state index in [0.29, 0.717) is 12.4 Å². The molecular weight excluding hydrogens is 385 g/mol. The van der Waals surface area contributed by atoms with Crippen LogP contribution in [0.1, 0.15) is 86.6 Å². The molecule has 3 unspecified atom stereocenters. The van der Waals surface area contributed by atoms with Gasteiger partial charge in [0.15, 0.2) is 0 Å². The summed E-state index contributed by atoms with van der Waals surface area (Å²) in [5, 5.41) is 11.0. The number of benzene rings is 1. The molecule has 1 amide bonds. The third-order valence-corrected chi connectivity index (χ3v) is 7.30. The lowest BCUT2D eigenvalue weighted by molar-refractivity contribution is -0.135. The summed E-state index contributed by atoms with van der Waals surface area (Å²) >= 11 is 0. The van der Waals surface area contributed by atoms with Crippen molar-refractivity contribution in [1.82, 2.24) is 5.32 Å². The Kier molecular flexibility index (Phi) is 6.03. The molecule has 6 heteroatoms. The quantitative estimate of drug-likeness (QED) is 0.631. The number of carbonyl (C=O) groups is 2. The van der Waals surface area contributed by atoms with Crippen molar-refractivity contribution in [2.75, 3.05) is 13.2 Å². The maximum Gasteiger partial charge on any atom is 0.322 e. The van der Waals surface area contributed by atoms with Gasteiger partial charge in [-0.3, -0.25) is 9.59 Å². The molecule has 2 bridgehead atoms. The number of hydrogen-bond acceptors (Lipinski definition) is 3. The Bertz CT molecular complexity index is 822. The first kappa shape index (κ1) is 21.1. The smallest absolute Gasteiger partial charge is 0.322 e. The number of rotatable bonds is 8. The molecule has 3 aliphatic rings. The standard InChI is InChI=1S/C24H32FNO4/c1-2-15-8-16-4-3-7-24(11-15,12-16)14-30-21-10-20(25)19(9-18(21)17-5-6-17)23(29)26-13-22(27)28/h9-10,15-17H,2-8,11-14H2,1H3,(H,26,29)(H,27,28). The van der Waals surface area contributed by atoms with Gasteiger partial charge in [-0.2, -0.15) is 0 Å². The highest BCUT2D eigenvalue weighted by atomic mass is 19.1. The van der Waals surface area contributed by atoms with Gasteiger partial charge in [-0.15, -0.1) is 0 Å². The largest absolute Gasteiger partial charge is 0.493 e. The molecule has 164 valence electrons. The minimum atomic E-state index is -1.16.